The quantitative estimate of drug-likeness (QED) is 0.743. The molecule has 0 aliphatic carbocycles. The van der Waals surface area contributed by atoms with E-state index >= 15 is 0 Å². The molecule has 1 rings (SSSR count). The molecule has 3 N–H and O–H groups in total. The van der Waals surface area contributed by atoms with Gasteiger partial charge in [-0.3, -0.25) is 4.79 Å². The van der Waals surface area contributed by atoms with E-state index in [1.165, 1.54) is 0 Å². The lowest BCUT2D eigenvalue weighted by Gasteiger charge is -2.10. The van der Waals surface area contributed by atoms with E-state index in [4.69, 9.17) is 10.5 Å². The van der Waals surface area contributed by atoms with E-state index in [-0.39, 0.29) is 11.9 Å². The number of hydrogen-bond acceptors (Lipinski definition) is 3. The molecule has 0 aromatic heterocycles. The lowest BCUT2D eigenvalue weighted by atomic mass is 10.3. The molecule has 0 heterocycles. The number of carbonyl (C=O) groups is 1. The highest BCUT2D eigenvalue weighted by Gasteiger charge is 2.04. The van der Waals surface area contributed by atoms with E-state index in [0.717, 1.165) is 0 Å². The Morgan fingerprint density at radius 1 is 1.44 bits per heavy atom. The molecule has 1 aromatic carbocycles. The Hall–Kier alpha value is -1.71. The van der Waals surface area contributed by atoms with Crippen molar-refractivity contribution in [3.05, 3.63) is 24.3 Å². The maximum absolute atomic E-state index is 11.3. The molecule has 0 bridgehead atoms. The fourth-order valence-corrected chi connectivity index (χ4v) is 1.26. The van der Waals surface area contributed by atoms with Crippen LogP contribution in [0.2, 0.25) is 0 Å². The number of amides is 1. The monoisotopic (exact) mass is 222 g/mol. The summed E-state index contributed by atoms with van der Waals surface area (Å²) in [4.78, 5) is 11.3. The van der Waals surface area contributed by atoms with Crippen molar-refractivity contribution in [1.29, 1.82) is 0 Å². The van der Waals surface area contributed by atoms with Crippen molar-refractivity contribution in [2.45, 2.75) is 26.3 Å². The smallest absolute Gasteiger partial charge is 0.223 e. The van der Waals surface area contributed by atoms with Crippen LogP contribution in [-0.4, -0.2) is 18.6 Å². The number of nitrogen functional groups attached to an aromatic ring is 1. The van der Waals surface area contributed by atoms with Crippen molar-refractivity contribution >= 4 is 11.6 Å². The molecule has 0 radical (unpaired) electrons. The molecular weight excluding hydrogens is 204 g/mol. The highest BCUT2D eigenvalue weighted by Crippen LogP contribution is 2.19. The number of benzene rings is 1. The molecule has 0 unspecified atom stereocenters. The van der Waals surface area contributed by atoms with E-state index in [0.29, 0.717) is 24.5 Å². The molecule has 0 aliphatic rings. The molecule has 0 saturated heterocycles. The first-order chi connectivity index (χ1) is 7.59. The number of ether oxygens (including phenoxy) is 1. The first-order valence-electron chi connectivity index (χ1n) is 5.36. The first kappa shape index (κ1) is 12.4. The number of nitrogens with two attached hydrogens (primary N) is 1. The van der Waals surface area contributed by atoms with Gasteiger partial charge in [-0.2, -0.15) is 0 Å². The fraction of sp³-hybridized carbons (Fsp3) is 0.417. The number of carbonyl (C=O) groups excluding carboxylic acids is 1. The van der Waals surface area contributed by atoms with Gasteiger partial charge < -0.3 is 15.8 Å². The van der Waals surface area contributed by atoms with Crippen LogP contribution in [0.3, 0.4) is 0 Å². The van der Waals surface area contributed by atoms with E-state index < -0.39 is 0 Å². The highest BCUT2D eigenvalue weighted by atomic mass is 16.5. The number of nitrogens with one attached hydrogen (secondary N) is 1. The van der Waals surface area contributed by atoms with E-state index in [2.05, 4.69) is 5.32 Å². The van der Waals surface area contributed by atoms with Crippen LogP contribution in [0, 0.1) is 0 Å². The van der Waals surface area contributed by atoms with E-state index in [1.807, 2.05) is 26.0 Å². The van der Waals surface area contributed by atoms with Crippen molar-refractivity contribution in [3.8, 4) is 5.75 Å². The minimum absolute atomic E-state index is 0.00972. The molecule has 1 amide bonds. The zero-order chi connectivity index (χ0) is 12.0. The summed E-state index contributed by atoms with van der Waals surface area (Å²) in [5, 5.41) is 2.79. The van der Waals surface area contributed by atoms with Gasteiger partial charge in [-0.1, -0.05) is 12.1 Å². The second-order valence-electron chi connectivity index (χ2n) is 3.86. The van der Waals surface area contributed by atoms with Crippen LogP contribution in [0.25, 0.3) is 0 Å². The summed E-state index contributed by atoms with van der Waals surface area (Å²) in [6.07, 6.45) is 0.340. The molecule has 4 nitrogen and oxygen atoms in total. The molecule has 88 valence electrons. The summed E-state index contributed by atoms with van der Waals surface area (Å²) < 4.78 is 5.40. The largest absolute Gasteiger partial charge is 0.491 e. The van der Waals surface area contributed by atoms with Gasteiger partial charge in [0, 0.05) is 6.04 Å². The summed E-state index contributed by atoms with van der Waals surface area (Å²) in [5.41, 5.74) is 6.28. The average Bonchev–Trinajstić information content (AvgIpc) is 2.19. The SMILES string of the molecule is CC(C)NC(=O)CCOc1ccccc1N. The zero-order valence-electron chi connectivity index (χ0n) is 9.69. The third-order valence-electron chi connectivity index (χ3n) is 1.96. The topological polar surface area (TPSA) is 64.3 Å². The summed E-state index contributed by atoms with van der Waals surface area (Å²) in [6, 6.07) is 7.40. The van der Waals surface area contributed by atoms with Crippen LogP contribution in [0.1, 0.15) is 20.3 Å². The van der Waals surface area contributed by atoms with E-state index in [9.17, 15) is 4.79 Å². The predicted molar refractivity (Wildman–Crippen MR) is 64.2 cm³/mol. The molecule has 0 aliphatic heterocycles. The highest BCUT2D eigenvalue weighted by molar-refractivity contribution is 5.76. The van der Waals surface area contributed by atoms with Crippen LogP contribution >= 0.6 is 0 Å². The van der Waals surface area contributed by atoms with Crippen molar-refractivity contribution in [2.75, 3.05) is 12.3 Å². The van der Waals surface area contributed by atoms with Crippen LogP contribution in [0.15, 0.2) is 24.3 Å². The fourth-order valence-electron chi connectivity index (χ4n) is 1.26. The van der Waals surface area contributed by atoms with Gasteiger partial charge in [-0.05, 0) is 26.0 Å². The van der Waals surface area contributed by atoms with Crippen LogP contribution in [-0.2, 0) is 4.79 Å². The lowest BCUT2D eigenvalue weighted by molar-refractivity contribution is -0.122. The van der Waals surface area contributed by atoms with Gasteiger partial charge >= 0.3 is 0 Å². The summed E-state index contributed by atoms with van der Waals surface area (Å²) >= 11 is 0. The number of rotatable bonds is 5. The Kier molecular flexibility index (Phi) is 4.64. The lowest BCUT2D eigenvalue weighted by Crippen LogP contribution is -2.31. The Balaban J connectivity index is 2.31. The van der Waals surface area contributed by atoms with Crippen molar-refractivity contribution in [3.63, 3.8) is 0 Å². The van der Waals surface area contributed by atoms with Crippen molar-refractivity contribution in [1.82, 2.24) is 5.32 Å². The predicted octanol–water partition coefficient (Wildman–Crippen LogP) is 1.56. The normalized spacial score (nSPS) is 10.2. The molecular formula is C12H18N2O2. The van der Waals surface area contributed by atoms with Gasteiger partial charge in [-0.25, -0.2) is 0 Å². The van der Waals surface area contributed by atoms with Gasteiger partial charge in [0.05, 0.1) is 18.7 Å². The Morgan fingerprint density at radius 2 is 2.12 bits per heavy atom. The first-order valence-corrected chi connectivity index (χ1v) is 5.36. The second kappa shape index (κ2) is 6.00. The third kappa shape index (κ3) is 4.21. The summed E-state index contributed by atoms with van der Waals surface area (Å²) in [6.45, 7) is 4.19. The summed E-state index contributed by atoms with van der Waals surface area (Å²) in [5.74, 6) is 0.615. The molecule has 0 saturated carbocycles. The number of para-hydroxylation sites is 2. The Labute approximate surface area is 95.8 Å². The van der Waals surface area contributed by atoms with Gasteiger partial charge in [0.1, 0.15) is 5.75 Å². The molecule has 0 atom stereocenters. The zero-order valence-corrected chi connectivity index (χ0v) is 9.69. The molecule has 0 spiro atoms. The van der Waals surface area contributed by atoms with Gasteiger partial charge in [0.2, 0.25) is 5.91 Å². The number of anilines is 1. The van der Waals surface area contributed by atoms with Gasteiger partial charge in [0.15, 0.2) is 0 Å². The van der Waals surface area contributed by atoms with Crippen LogP contribution in [0.5, 0.6) is 5.75 Å². The van der Waals surface area contributed by atoms with E-state index in [1.54, 1.807) is 12.1 Å². The second-order valence-corrected chi connectivity index (χ2v) is 3.86. The van der Waals surface area contributed by atoms with Gasteiger partial charge in [0.25, 0.3) is 0 Å². The maximum atomic E-state index is 11.3. The standard InChI is InChI=1S/C12H18N2O2/c1-9(2)14-12(15)7-8-16-11-6-4-3-5-10(11)13/h3-6,9H,7-8,13H2,1-2H3,(H,14,15). The van der Waals surface area contributed by atoms with Gasteiger partial charge in [-0.15, -0.1) is 0 Å². The third-order valence-corrected chi connectivity index (χ3v) is 1.96. The number of hydrogen-bond donors (Lipinski definition) is 2. The minimum atomic E-state index is -0.00972. The molecule has 0 fully saturated rings. The van der Waals surface area contributed by atoms with Crippen LogP contribution in [0.4, 0.5) is 5.69 Å². The van der Waals surface area contributed by atoms with Crippen LogP contribution < -0.4 is 15.8 Å². The maximum Gasteiger partial charge on any atom is 0.223 e. The van der Waals surface area contributed by atoms with Crippen molar-refractivity contribution < 1.29 is 9.53 Å². The molecule has 4 heteroatoms. The van der Waals surface area contributed by atoms with Crippen molar-refractivity contribution in [2.24, 2.45) is 0 Å². The average molecular weight is 222 g/mol. The Morgan fingerprint density at radius 3 is 2.75 bits per heavy atom. The molecule has 1 aromatic rings. The minimum Gasteiger partial charge on any atom is -0.491 e. The summed E-state index contributed by atoms with van der Waals surface area (Å²) in [7, 11) is 0. The Bertz CT molecular complexity index is 351. The molecule has 16 heavy (non-hydrogen) atoms.